The molecule has 0 aliphatic carbocycles. The molecule has 0 aromatic heterocycles. The van der Waals surface area contributed by atoms with Gasteiger partial charge in [0.15, 0.2) is 0 Å². The van der Waals surface area contributed by atoms with Gasteiger partial charge in [-0.25, -0.2) is 0 Å². The molecule has 0 aliphatic heterocycles. The standard InChI is InChI=1S/C26H22IPS2/c27-28(23-15-7-2-8-16-23,24-17-9-3-10-18-24,25-19-11-4-12-20-25)21-30-26(29)22-13-5-1-6-14-22/h1-20H,21H2. The number of benzene rings is 4. The van der Waals surface area contributed by atoms with Gasteiger partial charge in [0.25, 0.3) is 0 Å². The fourth-order valence-corrected chi connectivity index (χ4v) is 15.3. The van der Waals surface area contributed by atoms with Crippen molar-refractivity contribution in [1.29, 1.82) is 0 Å². The van der Waals surface area contributed by atoms with Crippen LogP contribution in [0, 0.1) is 0 Å². The summed E-state index contributed by atoms with van der Waals surface area (Å²) in [5.41, 5.74) is 2.03. The Labute approximate surface area is 201 Å². The molecule has 0 N–H and O–H groups in total. The fourth-order valence-electron chi connectivity index (χ4n) is 3.72. The van der Waals surface area contributed by atoms with E-state index in [9.17, 15) is 0 Å². The number of thiocarbonyl (C=S) groups is 1. The van der Waals surface area contributed by atoms with Gasteiger partial charge >= 0.3 is 203 Å². The molecule has 0 bridgehead atoms. The molecule has 0 fully saturated rings. The zero-order valence-electron chi connectivity index (χ0n) is 16.4. The minimum absolute atomic E-state index is 0.915. The number of thioether (sulfide) groups is 1. The molecule has 0 aliphatic rings. The van der Waals surface area contributed by atoms with Crippen LogP contribution in [0.2, 0.25) is 0 Å². The Balaban J connectivity index is 1.91. The molecule has 150 valence electrons. The molecule has 0 spiro atoms. The first-order valence-electron chi connectivity index (χ1n) is 9.75. The predicted octanol–water partition coefficient (Wildman–Crippen LogP) is 6.93. The van der Waals surface area contributed by atoms with Crippen molar-refractivity contribution in [3.8, 4) is 0 Å². The second-order valence-electron chi connectivity index (χ2n) is 7.12. The molecule has 0 amide bonds. The third kappa shape index (κ3) is 4.01. The molecule has 4 heteroatoms. The SMILES string of the molecule is S=C(SCP(I)(c1ccccc1)(c1ccccc1)c1ccccc1)c1ccccc1. The summed E-state index contributed by atoms with van der Waals surface area (Å²) in [6.07, 6.45) is 0. The van der Waals surface area contributed by atoms with Crippen LogP contribution < -0.4 is 15.9 Å². The molecule has 4 rings (SSSR count). The van der Waals surface area contributed by atoms with Crippen LogP contribution in [0.5, 0.6) is 0 Å². The summed E-state index contributed by atoms with van der Waals surface area (Å²) >= 11 is 10.5. The third-order valence-electron chi connectivity index (χ3n) is 5.33. The monoisotopic (exact) mass is 556 g/mol. The summed E-state index contributed by atoms with van der Waals surface area (Å²) in [6, 6.07) is 43.3. The van der Waals surface area contributed by atoms with E-state index in [1.807, 2.05) is 6.07 Å². The summed E-state index contributed by atoms with van der Waals surface area (Å²) < 4.78 is -1.84. The van der Waals surface area contributed by atoms with Gasteiger partial charge in [0.2, 0.25) is 0 Å². The molecule has 30 heavy (non-hydrogen) atoms. The Hall–Kier alpha value is -1.52. The topological polar surface area (TPSA) is 0 Å². The summed E-state index contributed by atoms with van der Waals surface area (Å²) in [4.78, 5) is 0. The Morgan fingerprint density at radius 2 is 0.933 bits per heavy atom. The van der Waals surface area contributed by atoms with Crippen molar-refractivity contribution in [3.63, 3.8) is 0 Å². The zero-order valence-corrected chi connectivity index (χ0v) is 21.1. The van der Waals surface area contributed by atoms with Gasteiger partial charge in [0.1, 0.15) is 0 Å². The molecule has 0 nitrogen and oxygen atoms in total. The van der Waals surface area contributed by atoms with Gasteiger partial charge in [-0.15, -0.1) is 0 Å². The van der Waals surface area contributed by atoms with Crippen molar-refractivity contribution in [2.24, 2.45) is 0 Å². The molecule has 4 aromatic rings. The van der Waals surface area contributed by atoms with E-state index < -0.39 is 4.25 Å². The number of hydrogen-bond acceptors (Lipinski definition) is 2. The van der Waals surface area contributed by atoms with E-state index >= 15 is 0 Å². The second-order valence-corrected chi connectivity index (χ2v) is 19.8. The van der Waals surface area contributed by atoms with Crippen molar-refractivity contribution < 1.29 is 0 Å². The van der Waals surface area contributed by atoms with Crippen LogP contribution in [0.4, 0.5) is 0 Å². The van der Waals surface area contributed by atoms with Crippen molar-refractivity contribution in [3.05, 3.63) is 127 Å². The number of halogens is 1. The van der Waals surface area contributed by atoms with Gasteiger partial charge in [0, 0.05) is 0 Å². The molecule has 0 saturated carbocycles. The first-order valence-corrected chi connectivity index (χ1v) is 16.3. The van der Waals surface area contributed by atoms with Gasteiger partial charge in [0.05, 0.1) is 0 Å². The van der Waals surface area contributed by atoms with E-state index in [0.29, 0.717) is 0 Å². The average molecular weight is 556 g/mol. The van der Waals surface area contributed by atoms with Crippen LogP contribution in [0.3, 0.4) is 0 Å². The van der Waals surface area contributed by atoms with E-state index in [1.54, 1.807) is 11.8 Å². The normalized spacial score (nSPS) is 12.6. The predicted molar refractivity (Wildman–Crippen MR) is 150 cm³/mol. The van der Waals surface area contributed by atoms with Gasteiger partial charge < -0.3 is 0 Å². The molecule has 4 aromatic carbocycles. The van der Waals surface area contributed by atoms with Gasteiger partial charge in [-0.05, 0) is 0 Å². The van der Waals surface area contributed by atoms with Gasteiger partial charge in [-0.3, -0.25) is 0 Å². The third-order valence-corrected chi connectivity index (χ3v) is 20.5. The van der Waals surface area contributed by atoms with E-state index in [0.717, 1.165) is 15.3 Å². The Bertz CT molecular complexity index is 1020. The molecule has 0 unspecified atom stereocenters. The van der Waals surface area contributed by atoms with Crippen molar-refractivity contribution >= 4 is 70.4 Å². The van der Waals surface area contributed by atoms with Crippen molar-refractivity contribution in [1.82, 2.24) is 0 Å². The Kier molecular flexibility index (Phi) is 6.74. The summed E-state index contributed by atoms with van der Waals surface area (Å²) in [5.74, 6) is 0. The van der Waals surface area contributed by atoms with E-state index in [4.69, 9.17) is 12.2 Å². The summed E-state index contributed by atoms with van der Waals surface area (Å²) in [6.45, 7) is 0. The molecular weight excluding hydrogens is 534 g/mol. The van der Waals surface area contributed by atoms with E-state index in [2.05, 4.69) is 137 Å². The first-order chi connectivity index (χ1) is 14.6. The molecule has 0 radical (unpaired) electrons. The number of rotatable bonds is 6. The number of hydrogen-bond donors (Lipinski definition) is 0. The maximum absolute atomic E-state index is 5.87. The quantitative estimate of drug-likeness (QED) is 0.144. The Morgan fingerprint density at radius 1 is 0.600 bits per heavy atom. The summed E-state index contributed by atoms with van der Waals surface area (Å²) in [5, 5.41) is 4.14. The van der Waals surface area contributed by atoms with Gasteiger partial charge in [-0.2, -0.15) is 0 Å². The molecule has 0 saturated heterocycles. The van der Waals surface area contributed by atoms with Crippen molar-refractivity contribution in [2.75, 3.05) is 5.49 Å². The minimum atomic E-state index is -2.79. The zero-order chi connectivity index (χ0) is 20.9. The van der Waals surface area contributed by atoms with Crippen LogP contribution in [-0.2, 0) is 0 Å². The van der Waals surface area contributed by atoms with Crippen molar-refractivity contribution in [2.45, 2.75) is 0 Å². The molecular formula is C26H22IPS2. The first kappa shape index (κ1) is 21.7. The fraction of sp³-hybridized carbons (Fsp3) is 0.0385. The molecule has 0 atom stereocenters. The Morgan fingerprint density at radius 3 is 1.30 bits per heavy atom. The van der Waals surface area contributed by atoms with Crippen LogP contribution in [0.1, 0.15) is 5.56 Å². The summed E-state index contributed by atoms with van der Waals surface area (Å²) in [7, 11) is 0. The van der Waals surface area contributed by atoms with E-state index in [1.165, 1.54) is 15.9 Å². The van der Waals surface area contributed by atoms with Crippen LogP contribution in [0.15, 0.2) is 121 Å². The van der Waals surface area contributed by atoms with Gasteiger partial charge in [-0.1, -0.05) is 0 Å². The van der Waals surface area contributed by atoms with Crippen LogP contribution in [-0.4, -0.2) is 9.69 Å². The second kappa shape index (κ2) is 9.32. The van der Waals surface area contributed by atoms with Crippen LogP contribution in [0.25, 0.3) is 0 Å². The van der Waals surface area contributed by atoms with E-state index in [-0.39, 0.29) is 0 Å². The van der Waals surface area contributed by atoms with Crippen LogP contribution >= 0.6 is 50.3 Å². The average Bonchev–Trinajstić information content (AvgIpc) is 2.85. The molecule has 0 heterocycles. The maximum atomic E-state index is 5.87.